The van der Waals surface area contributed by atoms with Crippen LogP contribution in [-0.4, -0.2) is 25.8 Å². The van der Waals surface area contributed by atoms with Crippen molar-refractivity contribution < 1.29 is 4.74 Å². The summed E-state index contributed by atoms with van der Waals surface area (Å²) < 4.78 is 5.69. The van der Waals surface area contributed by atoms with Gasteiger partial charge in [-0.05, 0) is 25.3 Å². The van der Waals surface area contributed by atoms with Crippen molar-refractivity contribution in [2.45, 2.75) is 59.4 Å². The average molecular weight is 215 g/mol. The maximum Gasteiger partial charge on any atom is 0.0622 e. The molecule has 0 aromatic heterocycles. The van der Waals surface area contributed by atoms with Crippen molar-refractivity contribution in [3.05, 3.63) is 0 Å². The minimum absolute atomic E-state index is 0.534. The second-order valence-corrected chi connectivity index (χ2v) is 4.37. The van der Waals surface area contributed by atoms with Gasteiger partial charge in [0.05, 0.1) is 6.61 Å². The lowest BCUT2D eigenvalue weighted by Gasteiger charge is -2.24. The van der Waals surface area contributed by atoms with E-state index in [-0.39, 0.29) is 0 Å². The molecule has 2 unspecified atom stereocenters. The van der Waals surface area contributed by atoms with E-state index in [1.54, 1.807) is 0 Å². The summed E-state index contributed by atoms with van der Waals surface area (Å²) in [5.74, 6) is 0.707. The van der Waals surface area contributed by atoms with Gasteiger partial charge in [-0.25, -0.2) is 0 Å². The first-order valence-corrected chi connectivity index (χ1v) is 6.57. The molecule has 0 aliphatic heterocycles. The maximum absolute atomic E-state index is 5.69. The van der Waals surface area contributed by atoms with Crippen LogP contribution in [0, 0.1) is 5.92 Å². The Labute approximate surface area is 95.8 Å². The molecule has 0 radical (unpaired) electrons. The number of rotatable bonds is 10. The summed E-state index contributed by atoms with van der Waals surface area (Å²) >= 11 is 0. The summed E-state index contributed by atoms with van der Waals surface area (Å²) in [6, 6.07) is 0.534. The van der Waals surface area contributed by atoms with E-state index in [0.717, 1.165) is 19.8 Å². The molecule has 0 rings (SSSR count). The monoisotopic (exact) mass is 215 g/mol. The predicted molar refractivity (Wildman–Crippen MR) is 67.3 cm³/mol. The van der Waals surface area contributed by atoms with E-state index in [0.29, 0.717) is 12.0 Å². The van der Waals surface area contributed by atoms with Crippen LogP contribution < -0.4 is 5.32 Å². The van der Waals surface area contributed by atoms with Crippen LogP contribution in [0.15, 0.2) is 0 Å². The van der Waals surface area contributed by atoms with Crippen LogP contribution in [0.4, 0.5) is 0 Å². The lowest BCUT2D eigenvalue weighted by Crippen LogP contribution is -2.39. The Balaban J connectivity index is 3.69. The molecular formula is C13H29NO. The summed E-state index contributed by atoms with van der Waals surface area (Å²) in [6.07, 6.45) is 4.82. The Hall–Kier alpha value is -0.0800. The predicted octanol–water partition coefficient (Wildman–Crippen LogP) is 3.22. The van der Waals surface area contributed by atoms with Gasteiger partial charge in [0, 0.05) is 12.6 Å². The molecule has 0 saturated heterocycles. The Bertz CT molecular complexity index is 128. The lowest BCUT2D eigenvalue weighted by atomic mass is 10.00. The van der Waals surface area contributed by atoms with E-state index >= 15 is 0 Å². The van der Waals surface area contributed by atoms with E-state index in [4.69, 9.17) is 4.74 Å². The zero-order chi connectivity index (χ0) is 11.5. The van der Waals surface area contributed by atoms with Crippen molar-refractivity contribution in [3.63, 3.8) is 0 Å². The molecule has 1 N–H and O–H groups in total. The van der Waals surface area contributed by atoms with Crippen LogP contribution in [0.2, 0.25) is 0 Å². The van der Waals surface area contributed by atoms with E-state index in [1.165, 1.54) is 25.7 Å². The van der Waals surface area contributed by atoms with Gasteiger partial charge in [0.15, 0.2) is 0 Å². The summed E-state index contributed by atoms with van der Waals surface area (Å²) in [7, 11) is 0. The highest BCUT2D eigenvalue weighted by molar-refractivity contribution is 4.71. The standard InChI is InChI=1S/C13H29NO/c1-5-8-10-15-11-13(12(4)7-3)14-9-6-2/h12-14H,5-11H2,1-4H3. The Kier molecular flexibility index (Phi) is 10.4. The highest BCUT2D eigenvalue weighted by atomic mass is 16.5. The third-order valence-electron chi connectivity index (χ3n) is 2.93. The lowest BCUT2D eigenvalue weighted by molar-refractivity contribution is 0.0926. The van der Waals surface area contributed by atoms with Crippen molar-refractivity contribution in [2.75, 3.05) is 19.8 Å². The highest BCUT2D eigenvalue weighted by Crippen LogP contribution is 2.08. The Morgan fingerprint density at radius 1 is 1.13 bits per heavy atom. The highest BCUT2D eigenvalue weighted by Gasteiger charge is 2.14. The summed E-state index contributed by atoms with van der Waals surface area (Å²) in [6.45, 7) is 11.8. The van der Waals surface area contributed by atoms with Gasteiger partial charge in [-0.3, -0.25) is 0 Å². The molecule has 2 nitrogen and oxygen atoms in total. The molecule has 0 aliphatic rings. The van der Waals surface area contributed by atoms with Crippen molar-refractivity contribution in [1.29, 1.82) is 0 Å². The fourth-order valence-corrected chi connectivity index (χ4v) is 1.50. The summed E-state index contributed by atoms with van der Waals surface area (Å²) in [5.41, 5.74) is 0. The minimum Gasteiger partial charge on any atom is -0.380 e. The second kappa shape index (κ2) is 10.4. The fourth-order valence-electron chi connectivity index (χ4n) is 1.50. The number of hydrogen-bond donors (Lipinski definition) is 1. The Morgan fingerprint density at radius 3 is 2.40 bits per heavy atom. The van der Waals surface area contributed by atoms with E-state index in [1.807, 2.05) is 0 Å². The van der Waals surface area contributed by atoms with Crippen LogP contribution in [0.1, 0.15) is 53.4 Å². The Morgan fingerprint density at radius 2 is 1.87 bits per heavy atom. The molecule has 0 spiro atoms. The molecular weight excluding hydrogens is 186 g/mol. The number of nitrogens with one attached hydrogen (secondary N) is 1. The molecule has 0 fully saturated rings. The smallest absolute Gasteiger partial charge is 0.0622 e. The van der Waals surface area contributed by atoms with Crippen LogP contribution in [0.3, 0.4) is 0 Å². The molecule has 0 saturated carbocycles. The molecule has 0 aromatic carbocycles. The van der Waals surface area contributed by atoms with Crippen LogP contribution in [0.5, 0.6) is 0 Å². The molecule has 0 heterocycles. The number of ether oxygens (including phenoxy) is 1. The van der Waals surface area contributed by atoms with Gasteiger partial charge >= 0.3 is 0 Å². The quantitative estimate of drug-likeness (QED) is 0.565. The molecule has 2 atom stereocenters. The van der Waals surface area contributed by atoms with E-state index in [2.05, 4.69) is 33.0 Å². The first kappa shape index (κ1) is 14.9. The summed E-state index contributed by atoms with van der Waals surface area (Å²) in [4.78, 5) is 0. The average Bonchev–Trinajstić information content (AvgIpc) is 2.27. The second-order valence-electron chi connectivity index (χ2n) is 4.37. The van der Waals surface area contributed by atoms with Gasteiger partial charge in [-0.2, -0.15) is 0 Å². The topological polar surface area (TPSA) is 21.3 Å². The third kappa shape index (κ3) is 7.80. The van der Waals surface area contributed by atoms with Gasteiger partial charge in [-0.1, -0.05) is 40.5 Å². The van der Waals surface area contributed by atoms with Gasteiger partial charge in [-0.15, -0.1) is 0 Å². The normalized spacial score (nSPS) is 15.2. The first-order valence-electron chi connectivity index (χ1n) is 6.57. The number of hydrogen-bond acceptors (Lipinski definition) is 2. The fraction of sp³-hybridized carbons (Fsp3) is 1.00. The number of unbranched alkanes of at least 4 members (excludes halogenated alkanes) is 1. The largest absolute Gasteiger partial charge is 0.380 e. The van der Waals surface area contributed by atoms with Gasteiger partial charge in [0.1, 0.15) is 0 Å². The molecule has 2 heteroatoms. The molecule has 0 bridgehead atoms. The molecule has 92 valence electrons. The van der Waals surface area contributed by atoms with Gasteiger partial charge in [0.2, 0.25) is 0 Å². The summed E-state index contributed by atoms with van der Waals surface area (Å²) in [5, 5.41) is 3.57. The first-order chi connectivity index (χ1) is 7.26. The molecule has 0 aromatic rings. The molecule has 0 aliphatic carbocycles. The van der Waals surface area contributed by atoms with Crippen LogP contribution in [0.25, 0.3) is 0 Å². The zero-order valence-corrected chi connectivity index (χ0v) is 11.0. The van der Waals surface area contributed by atoms with E-state index < -0.39 is 0 Å². The van der Waals surface area contributed by atoms with Gasteiger partial charge < -0.3 is 10.1 Å². The van der Waals surface area contributed by atoms with Gasteiger partial charge in [0.25, 0.3) is 0 Å². The zero-order valence-electron chi connectivity index (χ0n) is 11.0. The van der Waals surface area contributed by atoms with Crippen molar-refractivity contribution in [3.8, 4) is 0 Å². The molecule has 0 amide bonds. The maximum atomic E-state index is 5.69. The van der Waals surface area contributed by atoms with E-state index in [9.17, 15) is 0 Å². The van der Waals surface area contributed by atoms with Crippen LogP contribution in [-0.2, 0) is 4.74 Å². The molecule has 15 heavy (non-hydrogen) atoms. The van der Waals surface area contributed by atoms with Crippen molar-refractivity contribution >= 4 is 0 Å². The minimum atomic E-state index is 0.534. The van der Waals surface area contributed by atoms with Crippen LogP contribution >= 0.6 is 0 Å². The van der Waals surface area contributed by atoms with Crippen molar-refractivity contribution in [1.82, 2.24) is 5.32 Å². The SMILES string of the molecule is CCCCOCC(NCCC)C(C)CC. The third-order valence-corrected chi connectivity index (χ3v) is 2.93. The van der Waals surface area contributed by atoms with Crippen molar-refractivity contribution in [2.24, 2.45) is 5.92 Å².